The zero-order valence-electron chi connectivity index (χ0n) is 6.14. The van der Waals surface area contributed by atoms with Crippen LogP contribution in [0.25, 0.3) is 0 Å². The normalized spacial score (nSPS) is 23.5. The molecule has 0 unspecified atom stereocenters. The molecule has 0 aromatic carbocycles. The Kier molecular flexibility index (Phi) is 2.08. The topological polar surface area (TPSA) is 29.5 Å². The molecule has 0 spiro atoms. The third-order valence-corrected chi connectivity index (χ3v) is 1.39. The number of alkyl halides is 2. The zero-order valence-corrected chi connectivity index (χ0v) is 6.14. The molecule has 1 rings (SSSR count). The van der Waals surface area contributed by atoms with Crippen LogP contribution in [-0.4, -0.2) is 30.0 Å². The van der Waals surface area contributed by atoms with Crippen LogP contribution in [0, 0.1) is 0 Å². The first-order valence-corrected chi connectivity index (χ1v) is 3.31. The highest BCUT2D eigenvalue weighted by Gasteiger charge is 2.39. The van der Waals surface area contributed by atoms with Crippen molar-refractivity contribution in [1.82, 2.24) is 5.06 Å². The van der Waals surface area contributed by atoms with Crippen molar-refractivity contribution >= 4 is 5.97 Å². The van der Waals surface area contributed by atoms with Crippen LogP contribution >= 0.6 is 0 Å². The molecule has 3 nitrogen and oxygen atoms in total. The maximum atomic E-state index is 12.4. The maximum Gasteiger partial charge on any atom is 0.322 e. The highest BCUT2D eigenvalue weighted by atomic mass is 19.3. The summed E-state index contributed by atoms with van der Waals surface area (Å²) in [6, 6.07) is 0. The van der Waals surface area contributed by atoms with Crippen LogP contribution in [0.3, 0.4) is 0 Å². The summed E-state index contributed by atoms with van der Waals surface area (Å²) in [5, 5.41) is 0.988. The molecule has 1 fully saturated rings. The molecule has 64 valence electrons. The molecule has 0 aromatic rings. The minimum atomic E-state index is -2.70. The Morgan fingerprint density at radius 1 is 1.64 bits per heavy atom. The van der Waals surface area contributed by atoms with Gasteiger partial charge in [-0.1, -0.05) is 0 Å². The first-order chi connectivity index (χ1) is 4.99. The van der Waals surface area contributed by atoms with Gasteiger partial charge in [0.2, 0.25) is 0 Å². The summed E-state index contributed by atoms with van der Waals surface area (Å²) in [5.74, 6) is -3.25. The zero-order chi connectivity index (χ0) is 8.48. The van der Waals surface area contributed by atoms with Crippen molar-refractivity contribution in [2.45, 2.75) is 19.3 Å². The number of hydrogen-bond donors (Lipinski definition) is 0. The highest BCUT2D eigenvalue weighted by Crippen LogP contribution is 2.26. The highest BCUT2D eigenvalue weighted by molar-refractivity contribution is 5.65. The third kappa shape index (κ3) is 2.42. The molecule has 1 saturated heterocycles. The lowest BCUT2D eigenvalue weighted by Gasteiger charge is -2.12. The molecule has 0 atom stereocenters. The second kappa shape index (κ2) is 2.73. The third-order valence-electron chi connectivity index (χ3n) is 1.39. The van der Waals surface area contributed by atoms with Crippen LogP contribution in [0.4, 0.5) is 8.78 Å². The predicted molar refractivity (Wildman–Crippen MR) is 32.9 cm³/mol. The SMILES string of the molecule is CC(=O)ON1CCC(F)(F)C1. The van der Waals surface area contributed by atoms with Crippen molar-refractivity contribution in [3.05, 3.63) is 0 Å². The second-order valence-electron chi connectivity index (χ2n) is 2.55. The van der Waals surface area contributed by atoms with Crippen LogP contribution in [-0.2, 0) is 9.63 Å². The van der Waals surface area contributed by atoms with Gasteiger partial charge in [0.1, 0.15) is 0 Å². The lowest BCUT2D eigenvalue weighted by Crippen LogP contribution is -2.27. The van der Waals surface area contributed by atoms with Gasteiger partial charge in [-0.05, 0) is 0 Å². The van der Waals surface area contributed by atoms with Crippen molar-refractivity contribution < 1.29 is 18.4 Å². The molecule has 0 amide bonds. The van der Waals surface area contributed by atoms with Crippen LogP contribution in [0.15, 0.2) is 0 Å². The monoisotopic (exact) mass is 165 g/mol. The van der Waals surface area contributed by atoms with E-state index in [1.54, 1.807) is 0 Å². The Balaban J connectivity index is 2.36. The summed E-state index contributed by atoms with van der Waals surface area (Å²) in [6.45, 7) is 0.829. The van der Waals surface area contributed by atoms with Gasteiger partial charge >= 0.3 is 5.97 Å². The van der Waals surface area contributed by atoms with Gasteiger partial charge in [-0.15, -0.1) is 5.06 Å². The molecule has 0 saturated carbocycles. The molecule has 1 aliphatic rings. The van der Waals surface area contributed by atoms with Crippen molar-refractivity contribution in [3.8, 4) is 0 Å². The first kappa shape index (κ1) is 8.39. The number of nitrogens with zero attached hydrogens (tertiary/aromatic N) is 1. The van der Waals surface area contributed by atoms with E-state index in [-0.39, 0.29) is 13.0 Å². The summed E-state index contributed by atoms with van der Waals surface area (Å²) in [6.07, 6.45) is -0.236. The Labute approximate surface area is 62.9 Å². The Hall–Kier alpha value is -0.710. The standard InChI is InChI=1S/C6H9F2NO2/c1-5(10)11-9-3-2-6(7,8)4-9/h2-4H2,1H3. The Bertz CT molecular complexity index is 172. The Morgan fingerprint density at radius 3 is 2.64 bits per heavy atom. The van der Waals surface area contributed by atoms with E-state index < -0.39 is 18.4 Å². The molecular weight excluding hydrogens is 156 g/mol. The van der Waals surface area contributed by atoms with Gasteiger partial charge in [-0.25, -0.2) is 8.78 Å². The molecule has 1 aliphatic heterocycles. The molecule has 0 bridgehead atoms. The lowest BCUT2D eigenvalue weighted by atomic mass is 10.3. The van der Waals surface area contributed by atoms with E-state index in [0.717, 1.165) is 5.06 Å². The fourth-order valence-electron chi connectivity index (χ4n) is 0.964. The summed E-state index contributed by atoms with van der Waals surface area (Å²) >= 11 is 0. The molecule has 0 radical (unpaired) electrons. The molecular formula is C6H9F2NO2. The molecule has 0 aliphatic carbocycles. The van der Waals surface area contributed by atoms with Gasteiger partial charge in [0.15, 0.2) is 0 Å². The fourth-order valence-corrected chi connectivity index (χ4v) is 0.964. The maximum absolute atomic E-state index is 12.4. The van der Waals surface area contributed by atoms with Crippen molar-refractivity contribution in [3.63, 3.8) is 0 Å². The lowest BCUT2D eigenvalue weighted by molar-refractivity contribution is -0.187. The number of carbonyl (C=O) groups excluding carboxylic acids is 1. The van der Waals surface area contributed by atoms with Crippen LogP contribution < -0.4 is 0 Å². The van der Waals surface area contributed by atoms with Gasteiger partial charge in [0.05, 0.1) is 6.54 Å². The van der Waals surface area contributed by atoms with Crippen LogP contribution in [0.2, 0.25) is 0 Å². The average Bonchev–Trinajstić information content (AvgIpc) is 2.08. The van der Waals surface area contributed by atoms with E-state index in [9.17, 15) is 13.6 Å². The van der Waals surface area contributed by atoms with Gasteiger partial charge < -0.3 is 4.84 Å². The van der Waals surface area contributed by atoms with Gasteiger partial charge in [-0.2, -0.15) is 0 Å². The van der Waals surface area contributed by atoms with Crippen LogP contribution in [0.5, 0.6) is 0 Å². The molecule has 0 aromatic heterocycles. The Morgan fingerprint density at radius 2 is 2.27 bits per heavy atom. The number of halogens is 2. The number of carbonyl (C=O) groups is 1. The van der Waals surface area contributed by atoms with E-state index in [2.05, 4.69) is 4.84 Å². The number of rotatable bonds is 1. The summed E-state index contributed by atoms with van der Waals surface area (Å²) in [7, 11) is 0. The largest absolute Gasteiger partial charge is 0.368 e. The minimum Gasteiger partial charge on any atom is -0.368 e. The first-order valence-electron chi connectivity index (χ1n) is 3.31. The average molecular weight is 165 g/mol. The van der Waals surface area contributed by atoms with E-state index in [4.69, 9.17) is 0 Å². The smallest absolute Gasteiger partial charge is 0.322 e. The molecule has 5 heteroatoms. The van der Waals surface area contributed by atoms with Crippen molar-refractivity contribution in [2.24, 2.45) is 0 Å². The number of hydrogen-bond acceptors (Lipinski definition) is 3. The summed E-state index contributed by atoms with van der Waals surface area (Å²) < 4.78 is 24.8. The summed E-state index contributed by atoms with van der Waals surface area (Å²) in [5.41, 5.74) is 0. The summed E-state index contributed by atoms with van der Waals surface area (Å²) in [4.78, 5) is 14.8. The van der Waals surface area contributed by atoms with Crippen molar-refractivity contribution in [1.29, 1.82) is 0 Å². The van der Waals surface area contributed by atoms with Crippen LogP contribution in [0.1, 0.15) is 13.3 Å². The van der Waals surface area contributed by atoms with Gasteiger partial charge in [0.25, 0.3) is 5.92 Å². The van der Waals surface area contributed by atoms with Crippen molar-refractivity contribution in [2.75, 3.05) is 13.1 Å². The molecule has 0 N–H and O–H groups in total. The minimum absolute atomic E-state index is 0.118. The van der Waals surface area contributed by atoms with E-state index in [0.29, 0.717) is 0 Å². The number of hydroxylamine groups is 2. The molecule has 11 heavy (non-hydrogen) atoms. The van der Waals surface area contributed by atoms with E-state index >= 15 is 0 Å². The fraction of sp³-hybridized carbons (Fsp3) is 0.833. The quantitative estimate of drug-likeness (QED) is 0.575. The van der Waals surface area contributed by atoms with E-state index in [1.165, 1.54) is 6.92 Å². The van der Waals surface area contributed by atoms with Gasteiger partial charge in [-0.3, -0.25) is 4.79 Å². The van der Waals surface area contributed by atoms with E-state index in [1.807, 2.05) is 0 Å². The predicted octanol–water partition coefficient (Wildman–Crippen LogP) is 0.806. The second-order valence-corrected chi connectivity index (χ2v) is 2.55. The van der Waals surface area contributed by atoms with Gasteiger partial charge in [0, 0.05) is 19.9 Å². The molecule has 1 heterocycles.